The van der Waals surface area contributed by atoms with Gasteiger partial charge in [0.05, 0.1) is 34.8 Å². The largest absolute Gasteiger partial charge is 0.375 e. The van der Waals surface area contributed by atoms with Crippen molar-refractivity contribution < 1.29 is 4.79 Å². The molecule has 0 bridgehead atoms. The summed E-state index contributed by atoms with van der Waals surface area (Å²) < 4.78 is 0. The van der Waals surface area contributed by atoms with E-state index in [1.807, 2.05) is 49.4 Å². The first-order chi connectivity index (χ1) is 11.1. The highest BCUT2D eigenvalue weighted by molar-refractivity contribution is 7.99. The summed E-state index contributed by atoms with van der Waals surface area (Å²) in [4.78, 5) is 13.0. The van der Waals surface area contributed by atoms with Crippen molar-refractivity contribution in [1.29, 1.82) is 5.26 Å². The molecule has 118 valence electrons. The lowest BCUT2D eigenvalue weighted by molar-refractivity contribution is -0.114. The molecule has 23 heavy (non-hydrogen) atoms. The molecule has 0 aliphatic rings. The standard InChI is InChI=1S/C17H16ClN3OS/c1-12-6-7-14(13(18)10-12)20-11-17(22)21-15-4-2-3-5-16(15)23-9-8-19/h2-7,10,20H,9,11H2,1H3,(H,21,22). The van der Waals surface area contributed by atoms with Crippen LogP contribution < -0.4 is 10.6 Å². The van der Waals surface area contributed by atoms with Gasteiger partial charge in [-0.05, 0) is 36.8 Å². The van der Waals surface area contributed by atoms with Gasteiger partial charge in [0.2, 0.25) is 5.91 Å². The van der Waals surface area contributed by atoms with Crippen LogP contribution in [0, 0.1) is 18.3 Å². The summed E-state index contributed by atoms with van der Waals surface area (Å²) in [5.74, 6) is 0.163. The number of nitrogens with one attached hydrogen (secondary N) is 2. The quantitative estimate of drug-likeness (QED) is 0.765. The van der Waals surface area contributed by atoms with Crippen LogP contribution in [0.25, 0.3) is 0 Å². The molecule has 2 N–H and O–H groups in total. The Bertz CT molecular complexity index is 743. The molecular weight excluding hydrogens is 330 g/mol. The highest BCUT2D eigenvalue weighted by atomic mass is 35.5. The molecule has 0 saturated carbocycles. The molecule has 0 heterocycles. The molecule has 0 unspecified atom stereocenters. The fraction of sp³-hybridized carbons (Fsp3) is 0.176. The lowest BCUT2D eigenvalue weighted by Gasteiger charge is -2.12. The molecule has 2 aromatic carbocycles. The summed E-state index contributed by atoms with van der Waals surface area (Å²) in [7, 11) is 0. The second kappa shape index (κ2) is 8.47. The molecule has 0 aromatic heterocycles. The van der Waals surface area contributed by atoms with Crippen LogP contribution >= 0.6 is 23.4 Å². The molecular formula is C17H16ClN3OS. The van der Waals surface area contributed by atoms with E-state index in [1.54, 1.807) is 0 Å². The fourth-order valence-electron chi connectivity index (χ4n) is 1.94. The van der Waals surface area contributed by atoms with Crippen LogP contribution in [-0.4, -0.2) is 18.2 Å². The zero-order valence-corrected chi connectivity index (χ0v) is 14.2. The van der Waals surface area contributed by atoms with Crippen molar-refractivity contribution in [2.24, 2.45) is 0 Å². The molecule has 4 nitrogen and oxygen atoms in total. The van der Waals surface area contributed by atoms with E-state index in [0.29, 0.717) is 16.5 Å². The average molecular weight is 346 g/mol. The number of rotatable bonds is 6. The van der Waals surface area contributed by atoms with Crippen molar-refractivity contribution in [3.8, 4) is 6.07 Å². The van der Waals surface area contributed by atoms with Crippen molar-refractivity contribution in [3.05, 3.63) is 53.1 Å². The molecule has 0 atom stereocenters. The number of para-hydroxylation sites is 1. The molecule has 2 aromatic rings. The van der Waals surface area contributed by atoms with Gasteiger partial charge >= 0.3 is 0 Å². The van der Waals surface area contributed by atoms with Gasteiger partial charge in [0.1, 0.15) is 0 Å². The second-order valence-corrected chi connectivity index (χ2v) is 6.25. The smallest absolute Gasteiger partial charge is 0.243 e. The van der Waals surface area contributed by atoms with Crippen LogP contribution in [0.4, 0.5) is 11.4 Å². The third-order valence-electron chi connectivity index (χ3n) is 3.02. The van der Waals surface area contributed by atoms with Crippen molar-refractivity contribution in [1.82, 2.24) is 0 Å². The van der Waals surface area contributed by atoms with E-state index in [1.165, 1.54) is 11.8 Å². The van der Waals surface area contributed by atoms with Gasteiger partial charge in [0, 0.05) is 4.90 Å². The van der Waals surface area contributed by atoms with Crippen LogP contribution in [0.2, 0.25) is 5.02 Å². The maximum absolute atomic E-state index is 12.1. The summed E-state index contributed by atoms with van der Waals surface area (Å²) in [6, 6.07) is 15.1. The molecule has 2 rings (SSSR count). The summed E-state index contributed by atoms with van der Waals surface area (Å²) >= 11 is 7.52. The SMILES string of the molecule is Cc1ccc(NCC(=O)Nc2ccccc2SCC#N)c(Cl)c1. The van der Waals surface area contributed by atoms with E-state index in [2.05, 4.69) is 16.7 Å². The normalized spacial score (nSPS) is 9.96. The topological polar surface area (TPSA) is 64.9 Å². The van der Waals surface area contributed by atoms with Gasteiger partial charge in [0.25, 0.3) is 0 Å². The van der Waals surface area contributed by atoms with E-state index in [0.717, 1.165) is 16.1 Å². The number of thioether (sulfide) groups is 1. The third kappa shape index (κ3) is 5.20. The first-order valence-corrected chi connectivity index (χ1v) is 8.35. The van der Waals surface area contributed by atoms with E-state index < -0.39 is 0 Å². The summed E-state index contributed by atoms with van der Waals surface area (Å²) in [5, 5.41) is 15.1. The summed E-state index contributed by atoms with van der Waals surface area (Å²) in [6.07, 6.45) is 0. The van der Waals surface area contributed by atoms with Crippen LogP contribution in [-0.2, 0) is 4.79 Å². The fourth-order valence-corrected chi connectivity index (χ4v) is 2.91. The molecule has 0 radical (unpaired) electrons. The molecule has 0 aliphatic heterocycles. The van der Waals surface area contributed by atoms with Gasteiger partial charge in [-0.1, -0.05) is 29.8 Å². The van der Waals surface area contributed by atoms with Crippen molar-refractivity contribution in [2.75, 3.05) is 22.9 Å². The van der Waals surface area contributed by atoms with Crippen LogP contribution in [0.1, 0.15) is 5.56 Å². The monoisotopic (exact) mass is 345 g/mol. The number of halogens is 1. The van der Waals surface area contributed by atoms with Gasteiger partial charge in [-0.3, -0.25) is 4.79 Å². The number of hydrogen-bond donors (Lipinski definition) is 2. The highest BCUT2D eigenvalue weighted by Crippen LogP contribution is 2.26. The van der Waals surface area contributed by atoms with Gasteiger partial charge in [-0.15, -0.1) is 11.8 Å². The van der Waals surface area contributed by atoms with E-state index >= 15 is 0 Å². The van der Waals surface area contributed by atoms with E-state index in [9.17, 15) is 4.79 Å². The van der Waals surface area contributed by atoms with Crippen molar-refractivity contribution >= 4 is 40.6 Å². The number of nitriles is 1. The molecule has 0 spiro atoms. The van der Waals surface area contributed by atoms with Crippen LogP contribution in [0.15, 0.2) is 47.4 Å². The van der Waals surface area contributed by atoms with Gasteiger partial charge in [0.15, 0.2) is 0 Å². The van der Waals surface area contributed by atoms with Crippen LogP contribution in [0.3, 0.4) is 0 Å². The molecule has 6 heteroatoms. The molecule has 0 saturated heterocycles. The first kappa shape index (κ1) is 17.2. The maximum atomic E-state index is 12.1. The maximum Gasteiger partial charge on any atom is 0.243 e. The molecule has 0 fully saturated rings. The highest BCUT2D eigenvalue weighted by Gasteiger charge is 2.08. The lowest BCUT2D eigenvalue weighted by Crippen LogP contribution is -2.22. The Morgan fingerprint density at radius 1 is 1.26 bits per heavy atom. The number of aryl methyl sites for hydroxylation is 1. The Balaban J connectivity index is 1.96. The number of benzene rings is 2. The van der Waals surface area contributed by atoms with Crippen molar-refractivity contribution in [2.45, 2.75) is 11.8 Å². The zero-order valence-electron chi connectivity index (χ0n) is 12.6. The number of nitrogens with zero attached hydrogens (tertiary/aromatic N) is 1. The van der Waals surface area contributed by atoms with E-state index in [4.69, 9.17) is 16.9 Å². The minimum atomic E-state index is -0.174. The Kier molecular flexibility index (Phi) is 6.33. The summed E-state index contributed by atoms with van der Waals surface area (Å²) in [5.41, 5.74) is 2.49. The van der Waals surface area contributed by atoms with Gasteiger partial charge in [-0.2, -0.15) is 5.26 Å². The number of anilines is 2. The Morgan fingerprint density at radius 2 is 2.04 bits per heavy atom. The number of carbonyl (C=O) groups is 1. The number of carbonyl (C=O) groups excluding carboxylic acids is 1. The Morgan fingerprint density at radius 3 is 2.78 bits per heavy atom. The van der Waals surface area contributed by atoms with Gasteiger partial charge < -0.3 is 10.6 Å². The molecule has 1 amide bonds. The Labute approximate surface area is 144 Å². The minimum Gasteiger partial charge on any atom is -0.375 e. The third-order valence-corrected chi connectivity index (χ3v) is 4.27. The van der Waals surface area contributed by atoms with Crippen LogP contribution in [0.5, 0.6) is 0 Å². The zero-order chi connectivity index (χ0) is 16.7. The van der Waals surface area contributed by atoms with E-state index in [-0.39, 0.29) is 12.5 Å². The van der Waals surface area contributed by atoms with Crippen molar-refractivity contribution in [3.63, 3.8) is 0 Å². The first-order valence-electron chi connectivity index (χ1n) is 6.99. The Hall–Kier alpha value is -2.16. The number of hydrogen-bond acceptors (Lipinski definition) is 4. The second-order valence-electron chi connectivity index (χ2n) is 4.83. The average Bonchev–Trinajstić information content (AvgIpc) is 2.53. The predicted molar refractivity (Wildman–Crippen MR) is 96.1 cm³/mol. The minimum absolute atomic E-state index is 0.111. The lowest BCUT2D eigenvalue weighted by atomic mass is 10.2. The van der Waals surface area contributed by atoms with Gasteiger partial charge in [-0.25, -0.2) is 0 Å². The predicted octanol–water partition coefficient (Wildman–Crippen LogP) is 4.31. The number of amides is 1. The summed E-state index contributed by atoms with van der Waals surface area (Å²) in [6.45, 7) is 2.07. The molecule has 0 aliphatic carbocycles.